The number of hydrogen-bond acceptors (Lipinski definition) is 5. The maximum Gasteiger partial charge on any atom is 0.208 e. The lowest BCUT2D eigenvalue weighted by molar-refractivity contribution is 0.313. The van der Waals surface area contributed by atoms with E-state index in [1.165, 1.54) is 6.20 Å². The molecule has 0 bridgehead atoms. The summed E-state index contributed by atoms with van der Waals surface area (Å²) in [5, 5.41) is 0.846. The van der Waals surface area contributed by atoms with E-state index in [1.54, 1.807) is 36.4 Å². The van der Waals surface area contributed by atoms with E-state index in [2.05, 4.69) is 27.9 Å². The van der Waals surface area contributed by atoms with E-state index >= 15 is 0 Å². The van der Waals surface area contributed by atoms with Crippen LogP contribution in [0.15, 0.2) is 70.6 Å². The summed E-state index contributed by atoms with van der Waals surface area (Å²) in [6, 6.07) is 16.2. The Morgan fingerprint density at radius 2 is 1.59 bits per heavy atom. The van der Waals surface area contributed by atoms with Crippen LogP contribution in [0.2, 0.25) is 0 Å². The first-order valence-electron chi connectivity index (χ1n) is 8.68. The predicted molar refractivity (Wildman–Crippen MR) is 111 cm³/mol. The van der Waals surface area contributed by atoms with E-state index < -0.39 is 9.84 Å². The Morgan fingerprint density at radius 3 is 2.30 bits per heavy atom. The number of para-hydroxylation sites is 1. The minimum atomic E-state index is -3.56. The molecular weight excluding hydrogens is 382 g/mol. The van der Waals surface area contributed by atoms with Gasteiger partial charge in [-0.2, -0.15) is 0 Å². The highest BCUT2D eigenvalue weighted by atomic mass is 35.5. The monoisotopic (exact) mass is 403 g/mol. The Bertz CT molecular complexity index is 1030. The largest absolute Gasteiger partial charge is 0.367 e. The lowest BCUT2D eigenvalue weighted by Gasteiger charge is -2.34. The van der Waals surface area contributed by atoms with Crippen molar-refractivity contribution in [2.45, 2.75) is 9.79 Å². The Labute approximate surface area is 166 Å². The van der Waals surface area contributed by atoms with Crippen molar-refractivity contribution in [1.29, 1.82) is 0 Å². The number of likely N-dealkylation sites (N-methyl/N-ethyl adjacent to an activating group) is 1. The highest BCUT2D eigenvalue weighted by Gasteiger charge is 2.20. The fraction of sp³-hybridized carbons (Fsp3) is 0.250. The van der Waals surface area contributed by atoms with Crippen molar-refractivity contribution in [2.24, 2.45) is 0 Å². The van der Waals surface area contributed by atoms with Crippen molar-refractivity contribution >= 4 is 38.8 Å². The lowest BCUT2D eigenvalue weighted by Crippen LogP contribution is -2.44. The van der Waals surface area contributed by atoms with Gasteiger partial charge >= 0.3 is 0 Å². The number of fused-ring (bicyclic) bond motifs is 1. The summed E-state index contributed by atoms with van der Waals surface area (Å²) in [6.07, 6.45) is 1.48. The van der Waals surface area contributed by atoms with Crippen molar-refractivity contribution < 1.29 is 8.42 Å². The summed E-state index contributed by atoms with van der Waals surface area (Å²) in [5.74, 6) is 0. The lowest BCUT2D eigenvalue weighted by atomic mass is 10.1. The van der Waals surface area contributed by atoms with Crippen LogP contribution >= 0.6 is 12.4 Å². The molecule has 2 aromatic carbocycles. The number of rotatable bonds is 3. The van der Waals surface area contributed by atoms with Crippen LogP contribution in [-0.4, -0.2) is 51.5 Å². The fourth-order valence-electron chi connectivity index (χ4n) is 3.31. The van der Waals surface area contributed by atoms with Crippen LogP contribution in [0.4, 0.5) is 5.69 Å². The number of benzene rings is 2. The molecule has 0 amide bonds. The van der Waals surface area contributed by atoms with Crippen LogP contribution in [0.25, 0.3) is 10.9 Å². The van der Waals surface area contributed by atoms with Gasteiger partial charge in [-0.3, -0.25) is 4.98 Å². The zero-order valence-electron chi connectivity index (χ0n) is 15.1. The third-order valence-electron chi connectivity index (χ3n) is 4.87. The van der Waals surface area contributed by atoms with Crippen molar-refractivity contribution in [3.8, 4) is 0 Å². The quantitative estimate of drug-likeness (QED) is 0.672. The third-order valence-corrected chi connectivity index (χ3v) is 6.61. The normalized spacial score (nSPS) is 15.5. The molecule has 4 rings (SSSR count). The number of halogens is 1. The number of pyridine rings is 1. The molecule has 5 nitrogen and oxygen atoms in total. The summed E-state index contributed by atoms with van der Waals surface area (Å²) in [6.45, 7) is 3.91. The minimum Gasteiger partial charge on any atom is -0.367 e. The van der Waals surface area contributed by atoms with Crippen LogP contribution in [0.5, 0.6) is 0 Å². The van der Waals surface area contributed by atoms with Crippen molar-refractivity contribution in [1.82, 2.24) is 9.88 Å². The number of aromatic nitrogens is 1. The average molecular weight is 404 g/mol. The molecular formula is C20H22ClN3O2S. The fourth-order valence-corrected chi connectivity index (χ4v) is 4.57. The molecule has 7 heteroatoms. The van der Waals surface area contributed by atoms with Gasteiger partial charge in [-0.1, -0.05) is 30.3 Å². The molecule has 1 aliphatic rings. The van der Waals surface area contributed by atoms with Crippen LogP contribution in [-0.2, 0) is 9.84 Å². The maximum absolute atomic E-state index is 12.8. The molecule has 2 heterocycles. The summed E-state index contributed by atoms with van der Waals surface area (Å²) in [5.41, 5.74) is 1.92. The highest BCUT2D eigenvalue weighted by Crippen LogP contribution is 2.29. The first kappa shape index (κ1) is 19.6. The minimum absolute atomic E-state index is 0. The zero-order chi connectivity index (χ0) is 18.1. The maximum atomic E-state index is 12.8. The highest BCUT2D eigenvalue weighted by molar-refractivity contribution is 7.91. The molecule has 1 aliphatic heterocycles. The summed E-state index contributed by atoms with van der Waals surface area (Å²) >= 11 is 0. The molecule has 1 saturated heterocycles. The van der Waals surface area contributed by atoms with Crippen LogP contribution < -0.4 is 4.90 Å². The SMILES string of the molecule is CN1CCN(c2cccc3cc(S(=O)(=O)c4ccccc4)cnc23)CC1.Cl. The van der Waals surface area contributed by atoms with Crippen LogP contribution in [0.3, 0.4) is 0 Å². The van der Waals surface area contributed by atoms with Gasteiger partial charge in [-0.25, -0.2) is 8.42 Å². The zero-order valence-corrected chi connectivity index (χ0v) is 16.7. The molecule has 3 aromatic rings. The standard InChI is InChI=1S/C20H21N3O2S.ClH/c1-22-10-12-23(13-11-22)19-9-5-6-16-14-18(15-21-20(16)19)26(24,25)17-7-3-2-4-8-17;/h2-9,14-15H,10-13H2,1H3;1H. The molecule has 0 atom stereocenters. The number of nitrogens with zero attached hydrogens (tertiary/aromatic N) is 3. The van der Waals surface area contributed by atoms with E-state index in [-0.39, 0.29) is 22.2 Å². The van der Waals surface area contributed by atoms with Crippen molar-refractivity contribution in [2.75, 3.05) is 38.1 Å². The summed E-state index contributed by atoms with van der Waals surface area (Å²) in [7, 11) is -1.43. The van der Waals surface area contributed by atoms with E-state index in [0.717, 1.165) is 42.8 Å². The van der Waals surface area contributed by atoms with E-state index in [1.807, 2.05) is 12.1 Å². The van der Waals surface area contributed by atoms with Gasteiger partial charge in [0, 0.05) is 37.8 Å². The van der Waals surface area contributed by atoms with Gasteiger partial charge in [0.1, 0.15) is 0 Å². The first-order valence-corrected chi connectivity index (χ1v) is 10.2. The molecule has 1 fully saturated rings. The second-order valence-electron chi connectivity index (χ2n) is 6.63. The second kappa shape index (κ2) is 7.84. The van der Waals surface area contributed by atoms with Gasteiger partial charge in [0.2, 0.25) is 9.84 Å². The van der Waals surface area contributed by atoms with Crippen molar-refractivity contribution in [3.05, 3.63) is 60.8 Å². The molecule has 0 unspecified atom stereocenters. The van der Waals surface area contributed by atoms with Crippen LogP contribution in [0.1, 0.15) is 0 Å². The summed E-state index contributed by atoms with van der Waals surface area (Å²) in [4.78, 5) is 9.67. The average Bonchev–Trinajstić information content (AvgIpc) is 2.68. The molecule has 1 aromatic heterocycles. The Morgan fingerprint density at radius 1 is 0.889 bits per heavy atom. The van der Waals surface area contributed by atoms with Gasteiger partial charge in [-0.05, 0) is 31.3 Å². The van der Waals surface area contributed by atoms with E-state index in [4.69, 9.17) is 0 Å². The number of hydrogen-bond donors (Lipinski definition) is 0. The van der Waals surface area contributed by atoms with Gasteiger partial charge in [0.25, 0.3) is 0 Å². The molecule has 142 valence electrons. The second-order valence-corrected chi connectivity index (χ2v) is 8.58. The Hall–Kier alpha value is -2.15. The number of piperazine rings is 1. The first-order chi connectivity index (χ1) is 12.6. The van der Waals surface area contributed by atoms with E-state index in [0.29, 0.717) is 0 Å². The van der Waals surface area contributed by atoms with Gasteiger partial charge in [0.05, 0.1) is 21.0 Å². The van der Waals surface area contributed by atoms with Crippen molar-refractivity contribution in [3.63, 3.8) is 0 Å². The molecule has 0 N–H and O–H groups in total. The van der Waals surface area contributed by atoms with Crippen LogP contribution in [0, 0.1) is 0 Å². The van der Waals surface area contributed by atoms with Gasteiger partial charge < -0.3 is 9.80 Å². The Kier molecular flexibility index (Phi) is 5.69. The molecule has 0 radical (unpaired) electrons. The smallest absolute Gasteiger partial charge is 0.208 e. The topological polar surface area (TPSA) is 53.5 Å². The third kappa shape index (κ3) is 3.78. The molecule has 0 aliphatic carbocycles. The molecule has 27 heavy (non-hydrogen) atoms. The van der Waals surface area contributed by atoms with Gasteiger partial charge in [0.15, 0.2) is 0 Å². The van der Waals surface area contributed by atoms with E-state index in [9.17, 15) is 8.42 Å². The number of sulfone groups is 1. The summed E-state index contributed by atoms with van der Waals surface area (Å²) < 4.78 is 25.7. The Balaban J connectivity index is 0.00000210. The van der Waals surface area contributed by atoms with Gasteiger partial charge in [-0.15, -0.1) is 12.4 Å². The molecule has 0 spiro atoms. The molecule has 0 saturated carbocycles. The number of anilines is 1. The predicted octanol–water partition coefficient (Wildman–Crippen LogP) is 3.24.